The summed E-state index contributed by atoms with van der Waals surface area (Å²) in [6, 6.07) is 0.453. The molecule has 1 amide bonds. The Bertz CT molecular complexity index is 521. The van der Waals surface area contributed by atoms with Gasteiger partial charge in [-0.25, -0.2) is 9.78 Å². The van der Waals surface area contributed by atoms with Gasteiger partial charge in [0, 0.05) is 44.5 Å². The third-order valence-electron chi connectivity index (χ3n) is 4.27. The molecule has 1 saturated heterocycles. The number of rotatable bonds is 5. The lowest BCUT2D eigenvalue weighted by atomic mass is 10.1. The maximum absolute atomic E-state index is 12.3. The number of amides is 1. The van der Waals surface area contributed by atoms with Crippen molar-refractivity contribution in [1.82, 2.24) is 19.8 Å². The number of carbonyl (C=O) groups is 1. The molecule has 23 heavy (non-hydrogen) atoms. The highest BCUT2D eigenvalue weighted by Crippen LogP contribution is 2.23. The second kappa shape index (κ2) is 7.34. The van der Waals surface area contributed by atoms with E-state index in [0.717, 1.165) is 32.4 Å². The van der Waals surface area contributed by atoms with Crippen molar-refractivity contribution in [2.24, 2.45) is 7.05 Å². The SMILES string of the molecule is C[C@@H](NCCc1cncn1C)[C@H]1CCCN1C(=O)OC(C)(C)C. The Balaban J connectivity index is 1.84. The minimum absolute atomic E-state index is 0.194. The molecular weight excluding hydrogens is 292 g/mol. The molecular formula is C17H30N4O2. The Labute approximate surface area is 139 Å². The molecule has 0 radical (unpaired) electrons. The molecule has 0 aromatic carbocycles. The molecule has 2 rings (SSSR count). The van der Waals surface area contributed by atoms with Crippen molar-refractivity contribution in [3.05, 3.63) is 18.2 Å². The molecule has 0 aliphatic carbocycles. The minimum Gasteiger partial charge on any atom is -0.444 e. The van der Waals surface area contributed by atoms with Crippen LogP contribution in [0.3, 0.4) is 0 Å². The number of imidazole rings is 1. The van der Waals surface area contributed by atoms with E-state index in [-0.39, 0.29) is 18.2 Å². The molecule has 1 fully saturated rings. The number of likely N-dealkylation sites (tertiary alicyclic amines) is 1. The van der Waals surface area contributed by atoms with Crippen LogP contribution in [0.2, 0.25) is 0 Å². The zero-order valence-corrected chi connectivity index (χ0v) is 15.0. The zero-order valence-electron chi connectivity index (χ0n) is 15.0. The second-order valence-corrected chi connectivity index (χ2v) is 7.37. The quantitative estimate of drug-likeness (QED) is 0.904. The van der Waals surface area contributed by atoms with Crippen LogP contribution < -0.4 is 5.32 Å². The van der Waals surface area contributed by atoms with Gasteiger partial charge in [-0.3, -0.25) is 0 Å². The van der Waals surface area contributed by atoms with Gasteiger partial charge < -0.3 is 19.5 Å². The lowest BCUT2D eigenvalue weighted by Gasteiger charge is -2.32. The van der Waals surface area contributed by atoms with Gasteiger partial charge in [-0.15, -0.1) is 0 Å². The van der Waals surface area contributed by atoms with Crippen molar-refractivity contribution in [3.63, 3.8) is 0 Å². The molecule has 2 atom stereocenters. The Morgan fingerprint density at radius 2 is 2.26 bits per heavy atom. The Morgan fingerprint density at radius 3 is 2.87 bits per heavy atom. The topological polar surface area (TPSA) is 59.4 Å². The first-order valence-electron chi connectivity index (χ1n) is 8.46. The van der Waals surface area contributed by atoms with Gasteiger partial charge in [0.05, 0.1) is 12.4 Å². The molecule has 1 aliphatic heterocycles. The standard InChI is InChI=1S/C17H30N4O2/c1-13(19-9-8-14-11-18-12-20(14)5)15-7-6-10-21(15)16(22)23-17(2,3)4/h11-13,15,19H,6-10H2,1-5H3/t13-,15-/m1/s1. The van der Waals surface area contributed by atoms with Gasteiger partial charge in [0.2, 0.25) is 0 Å². The van der Waals surface area contributed by atoms with E-state index in [1.807, 2.05) is 49.8 Å². The number of nitrogens with zero attached hydrogens (tertiary/aromatic N) is 3. The number of hydrogen-bond acceptors (Lipinski definition) is 4. The van der Waals surface area contributed by atoms with E-state index in [4.69, 9.17) is 4.74 Å². The number of aryl methyl sites for hydroxylation is 1. The Morgan fingerprint density at radius 1 is 1.52 bits per heavy atom. The lowest BCUT2D eigenvalue weighted by Crippen LogP contribution is -2.49. The van der Waals surface area contributed by atoms with Crippen molar-refractivity contribution < 1.29 is 9.53 Å². The summed E-state index contributed by atoms with van der Waals surface area (Å²) < 4.78 is 7.57. The number of ether oxygens (including phenoxy) is 1. The molecule has 1 aliphatic rings. The molecule has 0 bridgehead atoms. The van der Waals surface area contributed by atoms with Crippen LogP contribution in [0.15, 0.2) is 12.5 Å². The van der Waals surface area contributed by atoms with E-state index >= 15 is 0 Å². The predicted molar refractivity (Wildman–Crippen MR) is 90.3 cm³/mol. The Kier molecular flexibility index (Phi) is 5.68. The lowest BCUT2D eigenvalue weighted by molar-refractivity contribution is 0.0201. The first kappa shape index (κ1) is 17.8. The monoisotopic (exact) mass is 322 g/mol. The van der Waals surface area contributed by atoms with Crippen LogP contribution in [0.5, 0.6) is 0 Å². The van der Waals surface area contributed by atoms with E-state index in [1.54, 1.807) is 0 Å². The Hall–Kier alpha value is -1.56. The summed E-state index contributed by atoms with van der Waals surface area (Å²) >= 11 is 0. The third-order valence-corrected chi connectivity index (χ3v) is 4.27. The van der Waals surface area contributed by atoms with Gasteiger partial charge in [0.15, 0.2) is 0 Å². The maximum Gasteiger partial charge on any atom is 0.410 e. The van der Waals surface area contributed by atoms with Crippen LogP contribution in [0, 0.1) is 0 Å². The molecule has 1 aromatic rings. The van der Waals surface area contributed by atoms with Gasteiger partial charge in [-0.1, -0.05) is 0 Å². The summed E-state index contributed by atoms with van der Waals surface area (Å²) in [4.78, 5) is 18.4. The fourth-order valence-corrected chi connectivity index (χ4v) is 3.05. The molecule has 0 unspecified atom stereocenters. The number of carbonyl (C=O) groups excluding carboxylic acids is 1. The number of hydrogen-bond donors (Lipinski definition) is 1. The van der Waals surface area contributed by atoms with Crippen LogP contribution in [-0.2, 0) is 18.2 Å². The van der Waals surface area contributed by atoms with E-state index < -0.39 is 5.60 Å². The highest BCUT2D eigenvalue weighted by Gasteiger charge is 2.35. The summed E-state index contributed by atoms with van der Waals surface area (Å²) in [6.07, 6.45) is 6.52. The smallest absolute Gasteiger partial charge is 0.410 e. The zero-order chi connectivity index (χ0) is 17.0. The van der Waals surface area contributed by atoms with Gasteiger partial charge in [-0.05, 0) is 40.5 Å². The molecule has 6 nitrogen and oxygen atoms in total. The van der Waals surface area contributed by atoms with Gasteiger partial charge >= 0.3 is 6.09 Å². The van der Waals surface area contributed by atoms with E-state index in [0.29, 0.717) is 0 Å². The van der Waals surface area contributed by atoms with E-state index in [1.165, 1.54) is 5.69 Å². The summed E-state index contributed by atoms with van der Waals surface area (Å²) in [5.41, 5.74) is 0.764. The van der Waals surface area contributed by atoms with Crippen molar-refractivity contribution >= 4 is 6.09 Å². The molecule has 1 aromatic heterocycles. The van der Waals surface area contributed by atoms with E-state index in [9.17, 15) is 4.79 Å². The molecule has 130 valence electrons. The average Bonchev–Trinajstić information content (AvgIpc) is 3.06. The van der Waals surface area contributed by atoms with Crippen LogP contribution in [-0.4, -0.2) is 51.3 Å². The molecule has 2 heterocycles. The van der Waals surface area contributed by atoms with Crippen LogP contribution in [0.1, 0.15) is 46.2 Å². The van der Waals surface area contributed by atoms with Crippen LogP contribution in [0.4, 0.5) is 4.79 Å². The first-order chi connectivity index (χ1) is 10.8. The first-order valence-corrected chi connectivity index (χ1v) is 8.46. The minimum atomic E-state index is -0.444. The highest BCUT2D eigenvalue weighted by atomic mass is 16.6. The number of nitrogens with one attached hydrogen (secondary N) is 1. The predicted octanol–water partition coefficient (Wildman–Crippen LogP) is 2.34. The average molecular weight is 322 g/mol. The summed E-state index contributed by atoms with van der Waals surface area (Å²) in [5.74, 6) is 0. The maximum atomic E-state index is 12.3. The van der Waals surface area contributed by atoms with Gasteiger partial charge in [-0.2, -0.15) is 0 Å². The summed E-state index contributed by atoms with van der Waals surface area (Å²) in [7, 11) is 2.01. The second-order valence-electron chi connectivity index (χ2n) is 7.37. The number of aromatic nitrogens is 2. The van der Waals surface area contributed by atoms with Crippen molar-refractivity contribution in [2.45, 2.75) is 64.6 Å². The molecule has 0 saturated carbocycles. The fourth-order valence-electron chi connectivity index (χ4n) is 3.05. The largest absolute Gasteiger partial charge is 0.444 e. The summed E-state index contributed by atoms with van der Waals surface area (Å²) in [5, 5.41) is 3.55. The van der Waals surface area contributed by atoms with Crippen molar-refractivity contribution in [2.75, 3.05) is 13.1 Å². The fraction of sp³-hybridized carbons (Fsp3) is 0.765. The normalized spacial score (nSPS) is 19.9. The van der Waals surface area contributed by atoms with Gasteiger partial charge in [0.1, 0.15) is 5.60 Å². The van der Waals surface area contributed by atoms with Gasteiger partial charge in [0.25, 0.3) is 0 Å². The highest BCUT2D eigenvalue weighted by molar-refractivity contribution is 5.69. The van der Waals surface area contributed by atoms with Crippen molar-refractivity contribution in [3.8, 4) is 0 Å². The molecule has 6 heteroatoms. The van der Waals surface area contributed by atoms with E-state index in [2.05, 4.69) is 17.2 Å². The molecule has 0 spiro atoms. The molecule has 1 N–H and O–H groups in total. The van der Waals surface area contributed by atoms with Crippen LogP contribution in [0.25, 0.3) is 0 Å². The summed E-state index contributed by atoms with van der Waals surface area (Å²) in [6.45, 7) is 9.53. The van der Waals surface area contributed by atoms with Crippen molar-refractivity contribution in [1.29, 1.82) is 0 Å². The third kappa shape index (κ3) is 4.96. The van der Waals surface area contributed by atoms with Crippen LogP contribution >= 0.6 is 0 Å².